The molecule has 126 valence electrons. The first kappa shape index (κ1) is 15.4. The number of hydrogen-bond donors (Lipinski definition) is 2. The highest BCUT2D eigenvalue weighted by Crippen LogP contribution is 2.34. The average Bonchev–Trinajstić information content (AvgIpc) is 3.29. The zero-order chi connectivity index (χ0) is 15.6. The molecular formula is C17H26N4OS. The lowest BCUT2D eigenvalue weighted by Gasteiger charge is -2.27. The number of rotatable bonds is 4. The summed E-state index contributed by atoms with van der Waals surface area (Å²) in [7, 11) is 1.85. The third-order valence-electron chi connectivity index (χ3n) is 5.26. The molecule has 6 heteroatoms. The van der Waals surface area contributed by atoms with E-state index in [-0.39, 0.29) is 0 Å². The van der Waals surface area contributed by atoms with Crippen molar-refractivity contribution >= 4 is 17.3 Å². The van der Waals surface area contributed by atoms with Crippen LogP contribution in [0.2, 0.25) is 0 Å². The maximum absolute atomic E-state index is 5.90. The third-order valence-corrected chi connectivity index (χ3v) is 6.28. The molecule has 2 bridgehead atoms. The van der Waals surface area contributed by atoms with Gasteiger partial charge in [0.15, 0.2) is 5.96 Å². The van der Waals surface area contributed by atoms with E-state index in [1.165, 1.54) is 31.4 Å². The van der Waals surface area contributed by atoms with Crippen LogP contribution >= 0.6 is 11.3 Å². The Balaban J connectivity index is 1.21. The predicted molar refractivity (Wildman–Crippen MR) is 94.1 cm³/mol. The minimum absolute atomic E-state index is 0.387. The lowest BCUT2D eigenvalue weighted by Crippen LogP contribution is -2.49. The topological polar surface area (TPSA) is 48.9 Å². The van der Waals surface area contributed by atoms with Gasteiger partial charge >= 0.3 is 0 Å². The van der Waals surface area contributed by atoms with Crippen molar-refractivity contribution in [2.75, 3.05) is 26.7 Å². The van der Waals surface area contributed by atoms with Gasteiger partial charge in [-0.05, 0) is 42.7 Å². The number of thiophene rings is 1. The molecule has 0 amide bonds. The van der Waals surface area contributed by atoms with E-state index in [1.807, 2.05) is 18.4 Å². The van der Waals surface area contributed by atoms with Crippen molar-refractivity contribution in [2.45, 2.75) is 50.5 Å². The number of guanidine groups is 1. The van der Waals surface area contributed by atoms with Crippen LogP contribution in [0, 0.1) is 0 Å². The Bertz CT molecular complexity index is 573. The second-order valence-corrected chi connectivity index (χ2v) is 7.76. The van der Waals surface area contributed by atoms with Crippen LogP contribution in [0.15, 0.2) is 16.4 Å². The summed E-state index contributed by atoms with van der Waals surface area (Å²) < 4.78 is 5.90. The van der Waals surface area contributed by atoms with Gasteiger partial charge in [-0.25, -0.2) is 0 Å². The predicted octanol–water partition coefficient (Wildman–Crippen LogP) is 1.59. The Labute approximate surface area is 142 Å². The number of nitrogens with one attached hydrogen (secondary N) is 2. The molecule has 23 heavy (non-hydrogen) atoms. The van der Waals surface area contributed by atoms with Crippen LogP contribution in [0.25, 0.3) is 0 Å². The quantitative estimate of drug-likeness (QED) is 0.648. The first-order valence-electron chi connectivity index (χ1n) is 8.72. The molecule has 4 rings (SSSR count). The van der Waals surface area contributed by atoms with Crippen molar-refractivity contribution < 1.29 is 4.74 Å². The van der Waals surface area contributed by atoms with Crippen LogP contribution in [-0.2, 0) is 17.7 Å². The van der Waals surface area contributed by atoms with Crippen molar-refractivity contribution in [3.63, 3.8) is 0 Å². The molecule has 3 aliphatic heterocycles. The van der Waals surface area contributed by atoms with Crippen LogP contribution in [0.5, 0.6) is 0 Å². The molecule has 2 saturated heterocycles. The molecule has 1 aromatic rings. The summed E-state index contributed by atoms with van der Waals surface area (Å²) in [5, 5.41) is 9.23. The molecule has 2 N–H and O–H groups in total. The van der Waals surface area contributed by atoms with Crippen LogP contribution in [0.4, 0.5) is 0 Å². The molecule has 3 aliphatic rings. The van der Waals surface area contributed by atoms with E-state index in [4.69, 9.17) is 4.74 Å². The zero-order valence-electron chi connectivity index (χ0n) is 13.8. The number of aliphatic imine (C=N–C) groups is 1. The number of fused-ring (bicyclic) bond motifs is 3. The minimum atomic E-state index is 0.387. The molecule has 4 heterocycles. The summed E-state index contributed by atoms with van der Waals surface area (Å²) in [6.07, 6.45) is 5.60. The number of nitrogens with zero attached hydrogens (tertiary/aromatic N) is 2. The molecule has 1 aromatic heterocycles. The molecule has 0 spiro atoms. The fourth-order valence-electron chi connectivity index (χ4n) is 3.99. The maximum Gasteiger partial charge on any atom is 0.191 e. The van der Waals surface area contributed by atoms with Gasteiger partial charge < -0.3 is 15.4 Å². The summed E-state index contributed by atoms with van der Waals surface area (Å²) in [6.45, 7) is 4.25. The first-order chi connectivity index (χ1) is 11.3. The van der Waals surface area contributed by atoms with Crippen molar-refractivity contribution in [2.24, 2.45) is 4.99 Å². The van der Waals surface area contributed by atoms with Gasteiger partial charge in [-0.3, -0.25) is 9.89 Å². The van der Waals surface area contributed by atoms with Gasteiger partial charge in [0.1, 0.15) is 0 Å². The summed E-state index contributed by atoms with van der Waals surface area (Å²) in [6, 6.07) is 2.71. The van der Waals surface area contributed by atoms with Crippen LogP contribution < -0.4 is 10.6 Å². The van der Waals surface area contributed by atoms with Gasteiger partial charge in [0, 0.05) is 38.1 Å². The monoisotopic (exact) mass is 334 g/mol. The van der Waals surface area contributed by atoms with Gasteiger partial charge in [0.05, 0.1) is 18.2 Å². The fourth-order valence-corrected chi connectivity index (χ4v) is 4.88. The smallest absolute Gasteiger partial charge is 0.191 e. The highest BCUT2D eigenvalue weighted by atomic mass is 32.1. The molecular weight excluding hydrogens is 308 g/mol. The molecule has 5 nitrogen and oxygen atoms in total. The summed E-state index contributed by atoms with van der Waals surface area (Å²) in [5.74, 6) is 0.916. The largest absolute Gasteiger partial charge is 0.373 e. The van der Waals surface area contributed by atoms with Crippen LogP contribution in [0.1, 0.15) is 29.7 Å². The Hall–Kier alpha value is -1.11. The van der Waals surface area contributed by atoms with E-state index in [0.29, 0.717) is 18.2 Å². The minimum Gasteiger partial charge on any atom is -0.373 e. The second kappa shape index (κ2) is 6.79. The second-order valence-electron chi connectivity index (χ2n) is 6.75. The number of ether oxygens (including phenoxy) is 1. The Morgan fingerprint density at radius 2 is 2.43 bits per heavy atom. The standard InChI is InChI=1S/C17H26N4OS/c1-18-17(20-14-10-13-2-3-15(14)22-13)19-6-8-21-7-4-16-12(11-21)5-9-23-16/h5,9,13-15H,2-4,6-8,10-11H2,1H3,(H2,18,19,20). The normalized spacial score (nSPS) is 30.5. The molecule has 0 aromatic carbocycles. The van der Waals surface area contributed by atoms with Crippen molar-refractivity contribution in [3.05, 3.63) is 21.9 Å². The van der Waals surface area contributed by atoms with E-state index in [0.717, 1.165) is 32.0 Å². The van der Waals surface area contributed by atoms with E-state index in [2.05, 4.69) is 32.0 Å². The Kier molecular flexibility index (Phi) is 4.55. The van der Waals surface area contributed by atoms with Gasteiger partial charge in [0.2, 0.25) is 0 Å². The lowest BCUT2D eigenvalue weighted by molar-refractivity contribution is 0.0992. The summed E-state index contributed by atoms with van der Waals surface area (Å²) in [5.41, 5.74) is 1.52. The molecule has 0 aliphatic carbocycles. The Morgan fingerprint density at radius 3 is 3.22 bits per heavy atom. The van der Waals surface area contributed by atoms with E-state index in [9.17, 15) is 0 Å². The molecule has 0 saturated carbocycles. The van der Waals surface area contributed by atoms with E-state index < -0.39 is 0 Å². The highest BCUT2D eigenvalue weighted by molar-refractivity contribution is 7.10. The average molecular weight is 334 g/mol. The summed E-state index contributed by atoms with van der Waals surface area (Å²) >= 11 is 1.90. The van der Waals surface area contributed by atoms with Crippen molar-refractivity contribution in [1.29, 1.82) is 0 Å². The highest BCUT2D eigenvalue weighted by Gasteiger charge is 2.41. The molecule has 0 radical (unpaired) electrons. The van der Waals surface area contributed by atoms with Gasteiger partial charge in [0.25, 0.3) is 0 Å². The maximum atomic E-state index is 5.90. The van der Waals surface area contributed by atoms with E-state index in [1.54, 1.807) is 4.88 Å². The van der Waals surface area contributed by atoms with Crippen LogP contribution in [0.3, 0.4) is 0 Å². The zero-order valence-corrected chi connectivity index (χ0v) is 14.6. The fraction of sp³-hybridized carbons (Fsp3) is 0.706. The van der Waals surface area contributed by atoms with Crippen LogP contribution in [-0.4, -0.2) is 55.8 Å². The molecule has 3 unspecified atom stereocenters. The molecule has 3 atom stereocenters. The Morgan fingerprint density at radius 1 is 1.48 bits per heavy atom. The van der Waals surface area contributed by atoms with E-state index >= 15 is 0 Å². The van der Waals surface area contributed by atoms with Crippen molar-refractivity contribution in [1.82, 2.24) is 15.5 Å². The van der Waals surface area contributed by atoms with Gasteiger partial charge in [-0.1, -0.05) is 0 Å². The number of hydrogen-bond acceptors (Lipinski definition) is 4. The third kappa shape index (κ3) is 3.39. The SMILES string of the molecule is CN=C(NCCN1CCc2sccc2C1)NC1CC2CCC1O2. The van der Waals surface area contributed by atoms with Crippen molar-refractivity contribution in [3.8, 4) is 0 Å². The van der Waals surface area contributed by atoms with Gasteiger partial charge in [-0.15, -0.1) is 11.3 Å². The molecule has 2 fully saturated rings. The lowest BCUT2D eigenvalue weighted by atomic mass is 9.96. The first-order valence-corrected chi connectivity index (χ1v) is 9.60. The summed E-state index contributed by atoms with van der Waals surface area (Å²) in [4.78, 5) is 8.46. The van der Waals surface area contributed by atoms with Gasteiger partial charge in [-0.2, -0.15) is 0 Å².